The maximum Gasteiger partial charge on any atom is 0.320 e. The Morgan fingerprint density at radius 3 is 2.40 bits per heavy atom. The standard InChI is InChI=1S/C35H44N8O2/c1-23-11-13-24(14-12-23)39-32(21-30(36)35(2,3)4)41-34(44)40-28-16-17-29(27-10-6-5-9-26(27)28)45-25-15-18-31(37)43(22-25)33(38)42-19-7-8-20-42/h5-6,9-15,18,21-22,28-29,37-38H,7-8,16-17,19-20,36H2,1-4H3,(H2,39,40,41,44)/t28-,29+/m0/s1. The van der Waals surface area contributed by atoms with E-state index in [4.69, 9.17) is 21.3 Å². The topological polar surface area (TPSA) is 145 Å². The summed E-state index contributed by atoms with van der Waals surface area (Å²) >= 11 is 0. The van der Waals surface area contributed by atoms with Gasteiger partial charge >= 0.3 is 6.03 Å². The van der Waals surface area contributed by atoms with Crippen LogP contribution in [0.5, 0.6) is 5.75 Å². The van der Waals surface area contributed by atoms with Crippen molar-refractivity contribution in [1.29, 1.82) is 10.8 Å². The zero-order valence-corrected chi connectivity index (χ0v) is 26.6. The second kappa shape index (κ2) is 13.4. The van der Waals surface area contributed by atoms with Crippen LogP contribution in [-0.2, 0) is 0 Å². The highest BCUT2D eigenvalue weighted by Gasteiger charge is 2.30. The van der Waals surface area contributed by atoms with Crippen LogP contribution in [0.1, 0.15) is 75.3 Å². The lowest BCUT2D eigenvalue weighted by Gasteiger charge is -2.32. The number of nitrogens with two attached hydrogens (primary N) is 1. The molecule has 2 aliphatic rings. The van der Waals surface area contributed by atoms with Crippen molar-refractivity contribution in [3.63, 3.8) is 0 Å². The first kappa shape index (κ1) is 31.6. The lowest BCUT2D eigenvalue weighted by atomic mass is 9.85. The number of hydrogen-bond acceptors (Lipinski definition) is 6. The molecular weight excluding hydrogens is 564 g/mol. The molecule has 6 N–H and O–H groups in total. The lowest BCUT2D eigenvalue weighted by Crippen LogP contribution is -2.42. The maximum atomic E-state index is 13.4. The van der Waals surface area contributed by atoms with E-state index in [0.29, 0.717) is 41.8 Å². The number of rotatable bonds is 5. The Balaban J connectivity index is 1.32. The molecule has 5 rings (SSSR count). The molecule has 1 aliphatic heterocycles. The summed E-state index contributed by atoms with van der Waals surface area (Å²) in [5.41, 5.74) is 10.7. The summed E-state index contributed by atoms with van der Waals surface area (Å²) in [6, 6.07) is 18.6. The van der Waals surface area contributed by atoms with Gasteiger partial charge < -0.3 is 20.7 Å². The smallest absolute Gasteiger partial charge is 0.320 e. The van der Waals surface area contributed by atoms with Crippen LogP contribution in [-0.4, -0.2) is 40.4 Å². The number of nitrogens with zero attached hydrogens (tertiary/aromatic N) is 3. The molecule has 1 aromatic heterocycles. The summed E-state index contributed by atoms with van der Waals surface area (Å²) < 4.78 is 8.04. The van der Waals surface area contributed by atoms with Crippen LogP contribution in [0.4, 0.5) is 10.5 Å². The van der Waals surface area contributed by atoms with Gasteiger partial charge in [-0.2, -0.15) is 0 Å². The van der Waals surface area contributed by atoms with Crippen LogP contribution in [0, 0.1) is 23.2 Å². The molecule has 0 radical (unpaired) electrons. The second-order valence-electron chi connectivity index (χ2n) is 12.8. The summed E-state index contributed by atoms with van der Waals surface area (Å²) in [6.45, 7) is 9.71. The van der Waals surface area contributed by atoms with E-state index in [9.17, 15) is 4.79 Å². The number of nitrogens with one attached hydrogen (secondary N) is 4. The van der Waals surface area contributed by atoms with Crippen molar-refractivity contribution in [2.45, 2.75) is 65.5 Å². The molecule has 0 bridgehead atoms. The van der Waals surface area contributed by atoms with Crippen LogP contribution in [0.15, 0.2) is 83.6 Å². The van der Waals surface area contributed by atoms with Crippen LogP contribution in [0.25, 0.3) is 0 Å². The fourth-order valence-corrected chi connectivity index (χ4v) is 5.52. The van der Waals surface area contributed by atoms with Crippen molar-refractivity contribution in [3.8, 4) is 5.75 Å². The molecule has 1 fully saturated rings. The number of carbonyl (C=O) groups is 1. The number of benzene rings is 2. The number of allylic oxidation sites excluding steroid dienone is 1. The highest BCUT2D eigenvalue weighted by molar-refractivity contribution is 6.05. The second-order valence-corrected chi connectivity index (χ2v) is 12.8. The Labute approximate surface area is 265 Å². The fourth-order valence-electron chi connectivity index (χ4n) is 5.52. The van der Waals surface area contributed by atoms with Crippen LogP contribution >= 0.6 is 0 Å². The third-order valence-electron chi connectivity index (χ3n) is 8.26. The number of aromatic nitrogens is 1. The van der Waals surface area contributed by atoms with Crippen LogP contribution < -0.4 is 26.6 Å². The van der Waals surface area contributed by atoms with Gasteiger partial charge in [-0.15, -0.1) is 0 Å². The number of likely N-dealkylation sites (tertiary alicyclic amines) is 1. The number of carbonyl (C=O) groups excluding carboxylic acids is 1. The average Bonchev–Trinajstić information content (AvgIpc) is 3.55. The van der Waals surface area contributed by atoms with Gasteiger partial charge in [0.25, 0.3) is 0 Å². The van der Waals surface area contributed by atoms with Crippen LogP contribution in [0.2, 0.25) is 0 Å². The SMILES string of the molecule is Cc1ccc(N=C(C=C(N)C(C)(C)C)NC(=O)N[C@H]2CC[C@@H](Oc3ccc(=N)n(C(=N)N4CCCC4)c3)c3ccccc32)cc1. The van der Waals surface area contributed by atoms with E-state index in [-0.39, 0.29) is 29.1 Å². The highest BCUT2D eigenvalue weighted by atomic mass is 16.5. The number of pyridine rings is 1. The van der Waals surface area contributed by atoms with Crippen molar-refractivity contribution in [3.05, 3.63) is 101 Å². The maximum absolute atomic E-state index is 13.4. The van der Waals surface area contributed by atoms with Gasteiger partial charge in [0.05, 0.1) is 17.9 Å². The molecule has 1 aliphatic carbocycles. The Morgan fingerprint density at radius 2 is 1.71 bits per heavy atom. The zero-order valence-electron chi connectivity index (χ0n) is 26.6. The van der Waals surface area contributed by atoms with Crippen molar-refractivity contribution < 1.29 is 9.53 Å². The first-order chi connectivity index (χ1) is 21.5. The molecule has 2 heterocycles. The minimum Gasteiger partial charge on any atom is -0.484 e. The molecule has 0 spiro atoms. The first-order valence-corrected chi connectivity index (χ1v) is 15.5. The zero-order chi connectivity index (χ0) is 32.1. The van der Waals surface area contributed by atoms with Crippen molar-refractivity contribution >= 4 is 23.5 Å². The Kier molecular flexibility index (Phi) is 9.41. The van der Waals surface area contributed by atoms with Crippen molar-refractivity contribution in [1.82, 2.24) is 20.1 Å². The molecule has 0 unspecified atom stereocenters. The van der Waals surface area contributed by atoms with Gasteiger partial charge in [0, 0.05) is 30.3 Å². The van der Waals surface area contributed by atoms with Crippen LogP contribution in [0.3, 0.4) is 0 Å². The quantitative estimate of drug-likeness (QED) is 0.178. The van der Waals surface area contributed by atoms with Gasteiger partial charge in [0.2, 0.25) is 5.96 Å². The minimum atomic E-state index is -0.370. The first-order valence-electron chi connectivity index (χ1n) is 15.5. The van der Waals surface area contributed by atoms with E-state index in [1.165, 1.54) is 0 Å². The Bertz CT molecular complexity index is 1660. The van der Waals surface area contributed by atoms with E-state index in [1.807, 2.05) is 81.1 Å². The molecule has 2 atom stereocenters. The van der Waals surface area contributed by atoms with Gasteiger partial charge in [0.1, 0.15) is 23.2 Å². The number of hydrogen-bond donors (Lipinski definition) is 5. The third-order valence-corrected chi connectivity index (χ3v) is 8.26. The summed E-state index contributed by atoms with van der Waals surface area (Å²) in [6.07, 6.45) is 6.67. The molecule has 10 heteroatoms. The number of amidine groups is 1. The monoisotopic (exact) mass is 608 g/mol. The number of aliphatic imine (C=N–C) groups is 1. The molecule has 0 saturated carbocycles. The number of aryl methyl sites for hydroxylation is 1. The Hall–Kier alpha value is -4.86. The molecule has 236 valence electrons. The third kappa shape index (κ3) is 7.81. The number of urea groups is 1. The molecule has 10 nitrogen and oxygen atoms in total. The molecule has 1 saturated heterocycles. The van der Waals surface area contributed by atoms with E-state index in [1.54, 1.807) is 29.0 Å². The summed E-state index contributed by atoms with van der Waals surface area (Å²) in [5.74, 6) is 1.26. The summed E-state index contributed by atoms with van der Waals surface area (Å²) in [4.78, 5) is 20.0. The number of fused-ring (bicyclic) bond motifs is 1. The van der Waals surface area contributed by atoms with Gasteiger partial charge in [-0.25, -0.2) is 9.79 Å². The molecule has 3 aromatic rings. The van der Waals surface area contributed by atoms with Gasteiger partial charge in [-0.3, -0.25) is 20.7 Å². The summed E-state index contributed by atoms with van der Waals surface area (Å²) in [7, 11) is 0. The molecule has 45 heavy (non-hydrogen) atoms. The van der Waals surface area contributed by atoms with E-state index < -0.39 is 0 Å². The van der Waals surface area contributed by atoms with Crippen molar-refractivity contribution in [2.75, 3.05) is 13.1 Å². The average molecular weight is 609 g/mol. The largest absolute Gasteiger partial charge is 0.484 e. The van der Waals surface area contributed by atoms with E-state index >= 15 is 0 Å². The highest BCUT2D eigenvalue weighted by Crippen LogP contribution is 2.38. The Morgan fingerprint density at radius 1 is 1.02 bits per heavy atom. The van der Waals surface area contributed by atoms with E-state index in [2.05, 4.69) is 15.6 Å². The molecule has 2 amide bonds. The van der Waals surface area contributed by atoms with Gasteiger partial charge in [0.15, 0.2) is 0 Å². The number of amides is 2. The normalized spacial score (nSPS) is 18.7. The summed E-state index contributed by atoms with van der Waals surface area (Å²) in [5, 5.41) is 23.0. The predicted molar refractivity (Wildman–Crippen MR) is 178 cm³/mol. The fraction of sp³-hybridized carbons (Fsp3) is 0.371. The minimum absolute atomic E-state index is 0.227. The molecule has 2 aromatic carbocycles. The van der Waals surface area contributed by atoms with Gasteiger partial charge in [-0.1, -0.05) is 62.7 Å². The van der Waals surface area contributed by atoms with Crippen molar-refractivity contribution in [2.24, 2.45) is 16.1 Å². The van der Waals surface area contributed by atoms with Gasteiger partial charge in [-0.05, 0) is 68.0 Å². The number of ether oxygens (including phenoxy) is 1. The molecular formula is C35H44N8O2. The van der Waals surface area contributed by atoms with E-state index in [0.717, 1.165) is 42.6 Å². The predicted octanol–water partition coefficient (Wildman–Crippen LogP) is 6.03. The lowest BCUT2D eigenvalue weighted by molar-refractivity contribution is 0.171.